The monoisotopic (exact) mass is 565 g/mol. The van der Waals surface area contributed by atoms with Crippen LogP contribution in [0.5, 0.6) is 0 Å². The topological polar surface area (TPSA) is 65.0 Å². The molecule has 3 aromatic heterocycles. The molecule has 0 saturated carbocycles. The van der Waals surface area contributed by atoms with Crippen molar-refractivity contribution in [1.82, 2.24) is 15.0 Å². The third kappa shape index (κ3) is 3.83. The van der Waals surface area contributed by atoms with Gasteiger partial charge in [0.1, 0.15) is 22.3 Å². The van der Waals surface area contributed by atoms with Crippen molar-refractivity contribution in [3.05, 3.63) is 140 Å². The Kier molecular flexibility index (Phi) is 5.43. The van der Waals surface area contributed by atoms with Gasteiger partial charge in [-0.05, 0) is 35.4 Å². The molecule has 0 bridgehead atoms. The van der Waals surface area contributed by atoms with Crippen LogP contribution >= 0.6 is 0 Å². The number of benzene rings is 6. The Hall–Kier alpha value is -6.07. The molecule has 9 aromatic rings. The SMILES string of the molecule is c1ccc(-c2nc(-c3cccc4c3oc3ccccc34)nc(-c3cccc4oc5cccc(-c6ccccc6)c5c34)n2)cc1. The Balaban J connectivity index is 1.35. The van der Waals surface area contributed by atoms with Crippen molar-refractivity contribution in [3.8, 4) is 45.3 Å². The second-order valence-corrected chi connectivity index (χ2v) is 10.8. The molecule has 0 aliphatic rings. The van der Waals surface area contributed by atoms with E-state index in [4.69, 9.17) is 23.8 Å². The van der Waals surface area contributed by atoms with Gasteiger partial charge in [0, 0.05) is 32.7 Å². The van der Waals surface area contributed by atoms with E-state index >= 15 is 0 Å². The zero-order valence-corrected chi connectivity index (χ0v) is 23.4. The molecule has 0 aliphatic carbocycles. The number of hydrogen-bond donors (Lipinski definition) is 0. The van der Waals surface area contributed by atoms with Crippen LogP contribution in [0.2, 0.25) is 0 Å². The Labute approximate surface area is 252 Å². The molecule has 0 fully saturated rings. The molecule has 5 heteroatoms. The largest absolute Gasteiger partial charge is 0.456 e. The van der Waals surface area contributed by atoms with Crippen molar-refractivity contribution in [2.24, 2.45) is 0 Å². The fourth-order valence-corrected chi connectivity index (χ4v) is 6.17. The highest BCUT2D eigenvalue weighted by atomic mass is 16.3. The van der Waals surface area contributed by atoms with Crippen LogP contribution in [0.25, 0.3) is 89.2 Å². The van der Waals surface area contributed by atoms with Gasteiger partial charge in [-0.2, -0.15) is 0 Å². The Bertz CT molecular complexity index is 2500. The summed E-state index contributed by atoms with van der Waals surface area (Å²) in [5.41, 5.74) is 7.99. The van der Waals surface area contributed by atoms with Gasteiger partial charge >= 0.3 is 0 Å². The van der Waals surface area contributed by atoms with Gasteiger partial charge in [-0.1, -0.05) is 115 Å². The standard InChI is InChI=1S/C39H23N3O2/c1-3-12-24(13-4-1)26-17-10-22-32-34(26)35-29(19-11-23-33(35)43-32)38-40-37(25-14-5-2-6-15-25)41-39(42-38)30-20-9-18-28-27-16-7-8-21-31(27)44-36(28)30/h1-23H. The first-order valence-corrected chi connectivity index (χ1v) is 14.5. The van der Waals surface area contributed by atoms with Crippen molar-refractivity contribution in [3.63, 3.8) is 0 Å². The van der Waals surface area contributed by atoms with Crippen LogP contribution < -0.4 is 0 Å². The number of furan rings is 2. The lowest BCUT2D eigenvalue weighted by Gasteiger charge is -2.10. The summed E-state index contributed by atoms with van der Waals surface area (Å²) in [7, 11) is 0. The fraction of sp³-hybridized carbons (Fsp3) is 0. The molecule has 0 saturated heterocycles. The molecule has 0 amide bonds. The van der Waals surface area contributed by atoms with E-state index in [0.29, 0.717) is 17.5 Å². The molecule has 0 radical (unpaired) electrons. The second kappa shape index (κ2) is 9.75. The molecule has 9 rings (SSSR count). The van der Waals surface area contributed by atoms with Crippen molar-refractivity contribution in [1.29, 1.82) is 0 Å². The summed E-state index contributed by atoms with van der Waals surface area (Å²) in [5.74, 6) is 1.71. The van der Waals surface area contributed by atoms with Crippen molar-refractivity contribution < 1.29 is 8.83 Å². The van der Waals surface area contributed by atoms with Crippen LogP contribution in [0.1, 0.15) is 0 Å². The van der Waals surface area contributed by atoms with Crippen LogP contribution in [0.3, 0.4) is 0 Å². The summed E-state index contributed by atoms with van der Waals surface area (Å²) in [6.07, 6.45) is 0. The van der Waals surface area contributed by atoms with E-state index < -0.39 is 0 Å². The smallest absolute Gasteiger partial charge is 0.167 e. The first-order valence-electron chi connectivity index (χ1n) is 14.5. The van der Waals surface area contributed by atoms with E-state index in [0.717, 1.165) is 71.7 Å². The lowest BCUT2D eigenvalue weighted by atomic mass is 9.97. The van der Waals surface area contributed by atoms with Crippen molar-refractivity contribution in [2.75, 3.05) is 0 Å². The number of fused-ring (bicyclic) bond motifs is 6. The first kappa shape index (κ1) is 24.5. The molecule has 0 aliphatic heterocycles. The molecular weight excluding hydrogens is 542 g/mol. The van der Waals surface area contributed by atoms with Crippen molar-refractivity contribution >= 4 is 43.9 Å². The first-order chi connectivity index (χ1) is 21.8. The summed E-state index contributed by atoms with van der Waals surface area (Å²) in [4.78, 5) is 15.2. The number of para-hydroxylation sites is 2. The van der Waals surface area contributed by atoms with Gasteiger partial charge in [-0.15, -0.1) is 0 Å². The van der Waals surface area contributed by atoms with Gasteiger partial charge in [0.25, 0.3) is 0 Å². The van der Waals surface area contributed by atoms with E-state index in [1.54, 1.807) is 0 Å². The highest BCUT2D eigenvalue weighted by molar-refractivity contribution is 6.17. The molecule has 0 unspecified atom stereocenters. The Morgan fingerprint density at radius 1 is 0.341 bits per heavy atom. The van der Waals surface area contributed by atoms with E-state index in [2.05, 4.69) is 48.5 Å². The van der Waals surface area contributed by atoms with Gasteiger partial charge in [0.2, 0.25) is 0 Å². The number of hydrogen-bond acceptors (Lipinski definition) is 5. The van der Waals surface area contributed by atoms with Crippen LogP contribution in [-0.2, 0) is 0 Å². The highest BCUT2D eigenvalue weighted by Crippen LogP contribution is 2.42. The normalized spacial score (nSPS) is 11.6. The molecule has 206 valence electrons. The molecule has 0 spiro atoms. The predicted molar refractivity (Wildman–Crippen MR) is 176 cm³/mol. The maximum atomic E-state index is 6.41. The van der Waals surface area contributed by atoms with Gasteiger partial charge in [-0.25, -0.2) is 15.0 Å². The molecule has 44 heavy (non-hydrogen) atoms. The minimum atomic E-state index is 0.548. The van der Waals surface area contributed by atoms with E-state index in [-0.39, 0.29) is 0 Å². The van der Waals surface area contributed by atoms with Crippen LogP contribution in [0.15, 0.2) is 148 Å². The quantitative estimate of drug-likeness (QED) is 0.212. The van der Waals surface area contributed by atoms with E-state index in [9.17, 15) is 0 Å². The zero-order chi connectivity index (χ0) is 29.0. The van der Waals surface area contributed by atoms with E-state index in [1.165, 1.54) is 0 Å². The number of nitrogens with zero attached hydrogens (tertiary/aromatic N) is 3. The summed E-state index contributed by atoms with van der Waals surface area (Å²) in [6, 6.07) is 46.9. The molecule has 5 nitrogen and oxygen atoms in total. The fourth-order valence-electron chi connectivity index (χ4n) is 6.17. The Morgan fingerprint density at radius 2 is 0.864 bits per heavy atom. The Morgan fingerprint density at radius 3 is 1.64 bits per heavy atom. The van der Waals surface area contributed by atoms with Crippen molar-refractivity contribution in [2.45, 2.75) is 0 Å². The molecule has 0 N–H and O–H groups in total. The average molecular weight is 566 g/mol. The highest BCUT2D eigenvalue weighted by Gasteiger charge is 2.21. The minimum Gasteiger partial charge on any atom is -0.456 e. The third-order valence-corrected chi connectivity index (χ3v) is 8.16. The molecule has 6 aromatic carbocycles. The summed E-state index contributed by atoms with van der Waals surface area (Å²) in [5, 5.41) is 4.09. The van der Waals surface area contributed by atoms with Gasteiger partial charge < -0.3 is 8.83 Å². The molecular formula is C39H23N3O2. The summed E-state index contributed by atoms with van der Waals surface area (Å²) < 4.78 is 12.8. The average Bonchev–Trinajstić information content (AvgIpc) is 3.67. The third-order valence-electron chi connectivity index (χ3n) is 8.16. The second-order valence-electron chi connectivity index (χ2n) is 10.8. The summed E-state index contributed by atoms with van der Waals surface area (Å²) >= 11 is 0. The predicted octanol–water partition coefficient (Wildman–Crippen LogP) is 10.3. The number of aromatic nitrogens is 3. The number of rotatable bonds is 4. The maximum absolute atomic E-state index is 6.41. The van der Waals surface area contributed by atoms with Gasteiger partial charge in [0.05, 0.1) is 5.56 Å². The zero-order valence-electron chi connectivity index (χ0n) is 23.4. The summed E-state index contributed by atoms with van der Waals surface area (Å²) in [6.45, 7) is 0. The minimum absolute atomic E-state index is 0.548. The lowest BCUT2D eigenvalue weighted by Crippen LogP contribution is -2.00. The van der Waals surface area contributed by atoms with Crippen LogP contribution in [0.4, 0.5) is 0 Å². The van der Waals surface area contributed by atoms with Gasteiger partial charge in [-0.3, -0.25) is 0 Å². The van der Waals surface area contributed by atoms with Gasteiger partial charge in [0.15, 0.2) is 17.5 Å². The molecule has 0 atom stereocenters. The maximum Gasteiger partial charge on any atom is 0.167 e. The van der Waals surface area contributed by atoms with Crippen LogP contribution in [0, 0.1) is 0 Å². The van der Waals surface area contributed by atoms with E-state index in [1.807, 2.05) is 91.0 Å². The van der Waals surface area contributed by atoms with Crippen LogP contribution in [-0.4, -0.2) is 15.0 Å². The lowest BCUT2D eigenvalue weighted by molar-refractivity contribution is 0.668. The molecule has 3 heterocycles.